The van der Waals surface area contributed by atoms with E-state index < -0.39 is 42.8 Å². The van der Waals surface area contributed by atoms with Gasteiger partial charge in [0.2, 0.25) is 0 Å². The Hall–Kier alpha value is -1.90. The molecule has 0 saturated carbocycles. The van der Waals surface area contributed by atoms with Gasteiger partial charge in [0.25, 0.3) is 0 Å². The molecular formula is C15H15F3O5. The van der Waals surface area contributed by atoms with E-state index in [0.717, 1.165) is 7.11 Å². The lowest BCUT2D eigenvalue weighted by Gasteiger charge is -2.35. The fourth-order valence-electron chi connectivity index (χ4n) is 2.13. The number of benzene rings is 1. The zero-order chi connectivity index (χ0) is 17.0. The van der Waals surface area contributed by atoms with Crippen LogP contribution in [0.3, 0.4) is 0 Å². The van der Waals surface area contributed by atoms with Crippen LogP contribution in [0.5, 0.6) is 0 Å². The van der Waals surface area contributed by atoms with Gasteiger partial charge in [-0.3, -0.25) is 0 Å². The first-order valence-corrected chi connectivity index (χ1v) is 6.71. The minimum absolute atomic E-state index is 0.105. The second-order valence-electron chi connectivity index (χ2n) is 4.77. The van der Waals surface area contributed by atoms with Gasteiger partial charge in [-0.25, -0.2) is 4.79 Å². The number of methoxy groups -OCH3 is 1. The van der Waals surface area contributed by atoms with E-state index in [-0.39, 0.29) is 5.56 Å². The molecule has 0 aliphatic carbocycles. The van der Waals surface area contributed by atoms with Crippen LogP contribution in [-0.4, -0.2) is 49.5 Å². The van der Waals surface area contributed by atoms with Crippen LogP contribution in [0.15, 0.2) is 42.0 Å². The number of alkyl halides is 3. The summed E-state index contributed by atoms with van der Waals surface area (Å²) in [7, 11) is 1.13. The van der Waals surface area contributed by atoms with Gasteiger partial charge in [0.05, 0.1) is 17.7 Å². The zero-order valence-electron chi connectivity index (χ0n) is 12.1. The van der Waals surface area contributed by atoms with Crippen molar-refractivity contribution in [3.63, 3.8) is 0 Å². The fourth-order valence-corrected chi connectivity index (χ4v) is 2.13. The first kappa shape index (κ1) is 17.5. The maximum atomic E-state index is 13.2. The Morgan fingerprint density at radius 2 is 1.96 bits per heavy atom. The maximum absolute atomic E-state index is 13.2. The average Bonchev–Trinajstić information content (AvgIpc) is 2.54. The van der Waals surface area contributed by atoms with E-state index in [1.165, 1.54) is 12.1 Å². The number of hydrogen-bond donors (Lipinski definition) is 1. The second-order valence-corrected chi connectivity index (χ2v) is 4.77. The van der Waals surface area contributed by atoms with Crippen molar-refractivity contribution < 1.29 is 37.3 Å². The summed E-state index contributed by atoms with van der Waals surface area (Å²) in [5.74, 6) is -0.932. The summed E-state index contributed by atoms with van der Waals surface area (Å²) >= 11 is 0. The van der Waals surface area contributed by atoms with Gasteiger partial charge < -0.3 is 19.3 Å². The molecule has 1 heterocycles. The monoisotopic (exact) mass is 332 g/mol. The molecule has 1 aliphatic rings. The molecule has 126 valence electrons. The van der Waals surface area contributed by atoms with Gasteiger partial charge in [-0.2, -0.15) is 13.2 Å². The molecule has 8 heteroatoms. The molecule has 1 aliphatic heterocycles. The minimum Gasteiger partial charge on any atom is -0.448 e. The molecule has 1 aromatic rings. The van der Waals surface area contributed by atoms with E-state index in [1.54, 1.807) is 18.2 Å². The van der Waals surface area contributed by atoms with Crippen molar-refractivity contribution in [2.75, 3.05) is 13.7 Å². The van der Waals surface area contributed by atoms with Gasteiger partial charge in [-0.1, -0.05) is 18.2 Å². The Labute approximate surface area is 130 Å². The van der Waals surface area contributed by atoms with Crippen molar-refractivity contribution in [3.8, 4) is 0 Å². The molecule has 0 amide bonds. The van der Waals surface area contributed by atoms with Crippen LogP contribution in [0.4, 0.5) is 13.2 Å². The van der Waals surface area contributed by atoms with E-state index in [4.69, 9.17) is 19.3 Å². The number of ether oxygens (including phenoxy) is 3. The Kier molecular flexibility index (Phi) is 5.40. The standard InChI is InChI=1S/C15H15F3O5/c1-21-14-12(23-13(20)9-5-3-2-4-6-9)11(15(16,17)18)7-10(8-19)22-14/h2-7,10,12,14,19H,8H2,1H3/t10-,12+,14-/m0/s1. The molecule has 3 atom stereocenters. The highest BCUT2D eigenvalue weighted by molar-refractivity contribution is 5.89. The first-order valence-electron chi connectivity index (χ1n) is 6.71. The molecule has 0 fully saturated rings. The minimum atomic E-state index is -4.75. The van der Waals surface area contributed by atoms with Crippen LogP contribution >= 0.6 is 0 Å². The third-order valence-corrected chi connectivity index (χ3v) is 3.21. The normalized spacial score (nSPS) is 24.9. The molecule has 0 bridgehead atoms. The Bertz CT molecular complexity index is 570. The maximum Gasteiger partial charge on any atom is 0.416 e. The van der Waals surface area contributed by atoms with Crippen molar-refractivity contribution in [3.05, 3.63) is 47.5 Å². The van der Waals surface area contributed by atoms with Gasteiger partial charge in [0, 0.05) is 7.11 Å². The summed E-state index contributed by atoms with van der Waals surface area (Å²) in [6.07, 6.45) is -8.51. The van der Waals surface area contributed by atoms with Crippen LogP contribution in [0, 0.1) is 0 Å². The predicted molar refractivity (Wildman–Crippen MR) is 72.5 cm³/mol. The molecular weight excluding hydrogens is 317 g/mol. The molecule has 0 saturated heterocycles. The van der Waals surface area contributed by atoms with Crippen molar-refractivity contribution in [2.45, 2.75) is 24.7 Å². The molecule has 1 N–H and O–H groups in total. The van der Waals surface area contributed by atoms with E-state index >= 15 is 0 Å². The fraction of sp³-hybridized carbons (Fsp3) is 0.400. The van der Waals surface area contributed by atoms with Gasteiger partial charge in [-0.15, -0.1) is 0 Å². The number of aliphatic hydroxyl groups excluding tert-OH is 1. The summed E-state index contributed by atoms with van der Waals surface area (Å²) in [5, 5.41) is 9.03. The highest BCUT2D eigenvalue weighted by atomic mass is 19.4. The van der Waals surface area contributed by atoms with E-state index in [1.807, 2.05) is 0 Å². The van der Waals surface area contributed by atoms with Crippen LogP contribution in [0.25, 0.3) is 0 Å². The van der Waals surface area contributed by atoms with Crippen molar-refractivity contribution in [2.24, 2.45) is 0 Å². The van der Waals surface area contributed by atoms with E-state index in [0.29, 0.717) is 6.08 Å². The summed E-state index contributed by atoms with van der Waals surface area (Å²) in [6.45, 7) is -0.654. The third kappa shape index (κ3) is 4.10. The van der Waals surface area contributed by atoms with Crippen LogP contribution in [0.2, 0.25) is 0 Å². The lowest BCUT2D eigenvalue weighted by molar-refractivity contribution is -0.217. The molecule has 0 unspecified atom stereocenters. The molecule has 2 rings (SSSR count). The van der Waals surface area contributed by atoms with Gasteiger partial charge in [-0.05, 0) is 18.2 Å². The first-order chi connectivity index (χ1) is 10.9. The Morgan fingerprint density at radius 3 is 2.48 bits per heavy atom. The number of esters is 1. The number of aliphatic hydroxyl groups is 1. The lowest BCUT2D eigenvalue weighted by atomic mass is 10.0. The van der Waals surface area contributed by atoms with Gasteiger partial charge >= 0.3 is 12.1 Å². The van der Waals surface area contributed by atoms with Crippen molar-refractivity contribution in [1.82, 2.24) is 0 Å². The van der Waals surface area contributed by atoms with Crippen LogP contribution < -0.4 is 0 Å². The SMILES string of the molecule is CO[C@H]1O[C@H](CO)C=C(C(F)(F)F)[C@H]1OC(=O)c1ccccc1. The van der Waals surface area contributed by atoms with Crippen molar-refractivity contribution >= 4 is 5.97 Å². The van der Waals surface area contributed by atoms with E-state index in [9.17, 15) is 18.0 Å². The number of carbonyl (C=O) groups is 1. The average molecular weight is 332 g/mol. The largest absolute Gasteiger partial charge is 0.448 e. The number of halogens is 3. The Morgan fingerprint density at radius 1 is 1.30 bits per heavy atom. The summed E-state index contributed by atoms with van der Waals surface area (Å²) in [5.41, 5.74) is -1.02. The molecule has 0 aromatic heterocycles. The van der Waals surface area contributed by atoms with Gasteiger partial charge in [0.1, 0.15) is 6.10 Å². The number of hydrogen-bond acceptors (Lipinski definition) is 5. The quantitative estimate of drug-likeness (QED) is 0.675. The molecule has 0 spiro atoms. The highest BCUT2D eigenvalue weighted by Gasteiger charge is 2.48. The summed E-state index contributed by atoms with van der Waals surface area (Å²) < 4.78 is 54.6. The van der Waals surface area contributed by atoms with Crippen LogP contribution in [-0.2, 0) is 14.2 Å². The summed E-state index contributed by atoms with van der Waals surface area (Å²) in [6, 6.07) is 7.61. The third-order valence-electron chi connectivity index (χ3n) is 3.21. The molecule has 23 heavy (non-hydrogen) atoms. The lowest BCUT2D eigenvalue weighted by Crippen LogP contribution is -2.47. The number of rotatable bonds is 4. The van der Waals surface area contributed by atoms with Crippen molar-refractivity contribution in [1.29, 1.82) is 0 Å². The molecule has 5 nitrogen and oxygen atoms in total. The second kappa shape index (κ2) is 7.12. The summed E-state index contributed by atoms with van der Waals surface area (Å²) in [4.78, 5) is 12.0. The van der Waals surface area contributed by atoms with Gasteiger partial charge in [0.15, 0.2) is 12.4 Å². The topological polar surface area (TPSA) is 65.0 Å². The zero-order valence-corrected chi connectivity index (χ0v) is 12.1. The number of carbonyl (C=O) groups excluding carboxylic acids is 1. The molecule has 1 aromatic carbocycles. The van der Waals surface area contributed by atoms with Crippen LogP contribution in [0.1, 0.15) is 10.4 Å². The van der Waals surface area contributed by atoms with E-state index in [2.05, 4.69) is 0 Å². The smallest absolute Gasteiger partial charge is 0.416 e. The predicted octanol–water partition coefficient (Wildman–Crippen LogP) is 2.06. The highest BCUT2D eigenvalue weighted by Crippen LogP contribution is 2.36. The Balaban J connectivity index is 2.29. The molecule has 0 radical (unpaired) electrons.